The molecule has 0 aliphatic heterocycles. The largest absolute Gasteiger partial charge is 0.495 e. The Balaban J connectivity index is 1.53. The molecule has 0 saturated heterocycles. The number of nitrogens with zero attached hydrogens (tertiary/aromatic N) is 2. The number of methoxy groups -OCH3 is 1. The minimum Gasteiger partial charge on any atom is -0.495 e. The van der Waals surface area contributed by atoms with Gasteiger partial charge in [0.2, 0.25) is 21.9 Å². The van der Waals surface area contributed by atoms with Gasteiger partial charge in [-0.2, -0.15) is 9.97 Å². The highest BCUT2D eigenvalue weighted by molar-refractivity contribution is 7.92. The number of H-pyrrole nitrogens is 1. The third kappa shape index (κ3) is 5.90. The molecular formula is C27H30N6O5S. The Bertz CT molecular complexity index is 1610. The van der Waals surface area contributed by atoms with E-state index >= 15 is 0 Å². The lowest BCUT2D eigenvalue weighted by Crippen LogP contribution is -2.17. The molecule has 1 amide bonds. The molecule has 1 aliphatic carbocycles. The van der Waals surface area contributed by atoms with Crippen molar-refractivity contribution in [3.8, 4) is 22.8 Å². The Morgan fingerprint density at radius 1 is 1.08 bits per heavy atom. The number of carbonyl (C=O) groups is 1. The zero-order valence-corrected chi connectivity index (χ0v) is 22.7. The highest BCUT2D eigenvalue weighted by atomic mass is 32.2. The van der Waals surface area contributed by atoms with Crippen LogP contribution in [0.3, 0.4) is 0 Å². The number of amides is 1. The van der Waals surface area contributed by atoms with Crippen molar-refractivity contribution in [1.29, 1.82) is 0 Å². The predicted octanol–water partition coefficient (Wildman–Crippen LogP) is 4.43. The fraction of sp³-hybridized carbons (Fsp3) is 0.296. The van der Waals surface area contributed by atoms with Gasteiger partial charge in [-0.25, -0.2) is 8.42 Å². The van der Waals surface area contributed by atoms with Gasteiger partial charge in [-0.15, -0.1) is 0 Å². The first-order valence-electron chi connectivity index (χ1n) is 12.5. The maximum atomic E-state index is 12.0. The number of hydrogen-bond donors (Lipinski definition) is 4. The summed E-state index contributed by atoms with van der Waals surface area (Å²) in [7, 11) is -0.275. The van der Waals surface area contributed by atoms with Crippen molar-refractivity contribution in [3.63, 3.8) is 0 Å². The fourth-order valence-corrected chi connectivity index (χ4v) is 5.23. The Morgan fingerprint density at radius 2 is 1.82 bits per heavy atom. The first kappa shape index (κ1) is 26.3. The summed E-state index contributed by atoms with van der Waals surface area (Å²) in [5.41, 5.74) is 3.80. The second-order valence-electron chi connectivity index (χ2n) is 9.37. The molecule has 0 spiro atoms. The van der Waals surface area contributed by atoms with E-state index in [1.165, 1.54) is 7.11 Å². The molecule has 204 valence electrons. The maximum Gasteiger partial charge on any atom is 0.251 e. The van der Waals surface area contributed by atoms with Crippen LogP contribution in [0.1, 0.15) is 36.0 Å². The van der Waals surface area contributed by atoms with Crippen molar-refractivity contribution >= 4 is 44.3 Å². The standard InChI is InChI=1S/C27H30N6O5S/c1-28-25(34)17-10-13-21(22(14-17)37-2)30-27-31-24-23(26(32-27)38-19-6-4-5-7-19)20(15-29-24)16-8-11-18(12-9-16)33-39(3,35)36/h8-15,19,33H,4-7H2,1-3H3,(H,28,34)(H2,29,30,31,32). The molecule has 4 aromatic rings. The van der Waals surface area contributed by atoms with Crippen LogP contribution >= 0.6 is 0 Å². The van der Waals surface area contributed by atoms with Gasteiger partial charge in [0.1, 0.15) is 17.5 Å². The maximum absolute atomic E-state index is 12.0. The lowest BCUT2D eigenvalue weighted by Gasteiger charge is -2.16. The number of benzene rings is 2. The zero-order valence-electron chi connectivity index (χ0n) is 21.9. The molecule has 2 heterocycles. The molecule has 2 aromatic heterocycles. The smallest absolute Gasteiger partial charge is 0.251 e. The van der Waals surface area contributed by atoms with Crippen LogP contribution in [0, 0.1) is 0 Å². The van der Waals surface area contributed by atoms with E-state index in [9.17, 15) is 13.2 Å². The normalized spacial score (nSPS) is 13.8. The fourth-order valence-electron chi connectivity index (χ4n) is 4.67. The first-order chi connectivity index (χ1) is 18.7. The van der Waals surface area contributed by atoms with E-state index in [0.29, 0.717) is 40.2 Å². The quantitative estimate of drug-likeness (QED) is 0.239. The van der Waals surface area contributed by atoms with Crippen molar-refractivity contribution in [2.75, 3.05) is 30.5 Å². The van der Waals surface area contributed by atoms with Crippen molar-refractivity contribution in [3.05, 3.63) is 54.2 Å². The summed E-state index contributed by atoms with van der Waals surface area (Å²) < 4.78 is 37.6. The summed E-state index contributed by atoms with van der Waals surface area (Å²) in [5, 5.41) is 6.54. The van der Waals surface area contributed by atoms with Crippen molar-refractivity contribution in [1.82, 2.24) is 20.3 Å². The summed E-state index contributed by atoms with van der Waals surface area (Å²) in [6.07, 6.45) is 7.12. The Morgan fingerprint density at radius 3 is 2.49 bits per heavy atom. The molecule has 2 aromatic carbocycles. The highest BCUT2D eigenvalue weighted by Gasteiger charge is 2.23. The van der Waals surface area contributed by atoms with Gasteiger partial charge in [-0.3, -0.25) is 9.52 Å². The van der Waals surface area contributed by atoms with E-state index < -0.39 is 10.0 Å². The number of fused-ring (bicyclic) bond motifs is 1. The van der Waals surface area contributed by atoms with E-state index in [-0.39, 0.29) is 12.0 Å². The van der Waals surface area contributed by atoms with Crippen LogP contribution < -0.4 is 24.8 Å². The molecule has 4 N–H and O–H groups in total. The van der Waals surface area contributed by atoms with E-state index in [1.54, 1.807) is 37.4 Å². The topological polar surface area (TPSA) is 147 Å². The van der Waals surface area contributed by atoms with Crippen LogP contribution in [0.4, 0.5) is 17.3 Å². The molecule has 0 bridgehead atoms. The number of aromatic nitrogens is 3. The highest BCUT2D eigenvalue weighted by Crippen LogP contribution is 2.37. The Labute approximate surface area is 226 Å². The summed E-state index contributed by atoms with van der Waals surface area (Å²) >= 11 is 0. The Hall–Kier alpha value is -4.32. The van der Waals surface area contributed by atoms with Gasteiger partial charge < -0.3 is 25.1 Å². The molecule has 0 unspecified atom stereocenters. The summed E-state index contributed by atoms with van der Waals surface area (Å²) in [5.74, 6) is 1.00. The number of carbonyl (C=O) groups excluding carboxylic acids is 1. The minimum absolute atomic E-state index is 0.0569. The number of sulfonamides is 1. The van der Waals surface area contributed by atoms with Crippen LogP contribution in [0.15, 0.2) is 48.7 Å². The van der Waals surface area contributed by atoms with Gasteiger partial charge in [0.05, 0.1) is 24.4 Å². The summed E-state index contributed by atoms with van der Waals surface area (Å²) in [4.78, 5) is 24.7. The predicted molar refractivity (Wildman–Crippen MR) is 150 cm³/mol. The third-order valence-electron chi connectivity index (χ3n) is 6.52. The third-order valence-corrected chi connectivity index (χ3v) is 7.12. The van der Waals surface area contributed by atoms with Gasteiger partial charge >= 0.3 is 0 Å². The second-order valence-corrected chi connectivity index (χ2v) is 11.1. The summed E-state index contributed by atoms with van der Waals surface area (Å²) in [6, 6.07) is 12.1. The number of anilines is 3. The van der Waals surface area contributed by atoms with E-state index in [2.05, 4.69) is 25.3 Å². The molecule has 1 saturated carbocycles. The van der Waals surface area contributed by atoms with Crippen molar-refractivity contribution < 1.29 is 22.7 Å². The average Bonchev–Trinajstić information content (AvgIpc) is 3.58. The number of hydrogen-bond acceptors (Lipinski definition) is 8. The van der Waals surface area contributed by atoms with Crippen LogP contribution in [0.25, 0.3) is 22.2 Å². The van der Waals surface area contributed by atoms with Crippen LogP contribution in [-0.2, 0) is 10.0 Å². The van der Waals surface area contributed by atoms with Crippen LogP contribution in [-0.4, -0.2) is 55.8 Å². The van der Waals surface area contributed by atoms with Gasteiger partial charge in [-0.1, -0.05) is 12.1 Å². The van der Waals surface area contributed by atoms with E-state index in [1.807, 2.05) is 18.3 Å². The zero-order chi connectivity index (χ0) is 27.6. The van der Waals surface area contributed by atoms with Crippen molar-refractivity contribution in [2.24, 2.45) is 0 Å². The Kier molecular flexibility index (Phi) is 7.29. The molecule has 39 heavy (non-hydrogen) atoms. The minimum atomic E-state index is -3.37. The van der Waals surface area contributed by atoms with Gasteiger partial charge in [0, 0.05) is 30.1 Å². The monoisotopic (exact) mass is 550 g/mol. The number of ether oxygens (including phenoxy) is 2. The lowest BCUT2D eigenvalue weighted by atomic mass is 10.1. The number of rotatable bonds is 9. The SMILES string of the molecule is CNC(=O)c1ccc(Nc2nc(OC3CCCC3)c3c(-c4ccc(NS(C)(=O)=O)cc4)c[nH]c3n2)c(OC)c1. The molecule has 5 rings (SSSR count). The van der Waals surface area contributed by atoms with Gasteiger partial charge in [0.25, 0.3) is 5.91 Å². The van der Waals surface area contributed by atoms with E-state index in [4.69, 9.17) is 14.5 Å². The first-order valence-corrected chi connectivity index (χ1v) is 14.4. The molecule has 1 fully saturated rings. The van der Waals surface area contributed by atoms with E-state index in [0.717, 1.165) is 48.5 Å². The van der Waals surface area contributed by atoms with Crippen molar-refractivity contribution in [2.45, 2.75) is 31.8 Å². The molecule has 0 radical (unpaired) electrons. The van der Waals surface area contributed by atoms with Crippen LogP contribution in [0.2, 0.25) is 0 Å². The van der Waals surface area contributed by atoms with Gasteiger partial charge in [-0.05, 0) is 61.6 Å². The number of nitrogens with one attached hydrogen (secondary N) is 4. The second kappa shape index (κ2) is 10.8. The molecule has 1 aliphatic rings. The molecule has 11 nitrogen and oxygen atoms in total. The van der Waals surface area contributed by atoms with Gasteiger partial charge in [0.15, 0.2) is 0 Å². The number of aromatic amines is 1. The van der Waals surface area contributed by atoms with Crippen LogP contribution in [0.5, 0.6) is 11.6 Å². The molecule has 0 atom stereocenters. The molecule has 12 heteroatoms. The molecular weight excluding hydrogens is 520 g/mol. The summed E-state index contributed by atoms with van der Waals surface area (Å²) in [6.45, 7) is 0. The lowest BCUT2D eigenvalue weighted by molar-refractivity contribution is 0.0962. The average molecular weight is 551 g/mol.